The average Bonchev–Trinajstić information content (AvgIpc) is 2.93. The third kappa shape index (κ3) is 3.59. The summed E-state index contributed by atoms with van der Waals surface area (Å²) in [7, 11) is 1.74. The molecular formula is C18H20BrN5O3. The van der Waals surface area contributed by atoms with E-state index in [0.29, 0.717) is 46.2 Å². The summed E-state index contributed by atoms with van der Waals surface area (Å²) in [5, 5.41) is 4.73. The topological polar surface area (TPSA) is 93.1 Å². The molecule has 0 atom stereocenters. The Hall–Kier alpha value is -2.68. The highest BCUT2D eigenvalue weighted by Gasteiger charge is 2.18. The van der Waals surface area contributed by atoms with Crippen molar-refractivity contribution in [2.45, 2.75) is 27.2 Å². The molecule has 0 aliphatic heterocycles. The number of anilines is 1. The Kier molecular flexibility index (Phi) is 5.31. The van der Waals surface area contributed by atoms with Crippen LogP contribution in [0, 0.1) is 6.92 Å². The molecule has 2 heterocycles. The van der Waals surface area contributed by atoms with Gasteiger partial charge in [0.05, 0.1) is 39.7 Å². The number of benzene rings is 1. The van der Waals surface area contributed by atoms with Crippen molar-refractivity contribution in [2.75, 3.05) is 10.5 Å². The summed E-state index contributed by atoms with van der Waals surface area (Å²) in [5.41, 5.74) is 2.03. The lowest BCUT2D eigenvalue weighted by molar-refractivity contribution is -0.115. The molecule has 0 aliphatic rings. The number of rotatable bonds is 5. The van der Waals surface area contributed by atoms with Crippen LogP contribution in [0.1, 0.15) is 26.0 Å². The number of carbonyl (C=O) groups is 1. The fourth-order valence-electron chi connectivity index (χ4n) is 2.82. The van der Waals surface area contributed by atoms with Crippen molar-refractivity contribution < 1.29 is 9.53 Å². The van der Waals surface area contributed by atoms with Gasteiger partial charge in [0.25, 0.3) is 5.56 Å². The number of amides is 1. The Bertz CT molecular complexity index is 1070. The van der Waals surface area contributed by atoms with Crippen LogP contribution < -0.4 is 14.2 Å². The van der Waals surface area contributed by atoms with Gasteiger partial charge in [-0.05, 0) is 31.5 Å². The maximum atomic E-state index is 12.6. The molecule has 9 heteroatoms. The highest BCUT2D eigenvalue weighted by molar-refractivity contribution is 9.10. The first-order valence-electron chi connectivity index (χ1n) is 8.50. The largest absolute Gasteiger partial charge is 0.493 e. The second-order valence-corrected chi connectivity index (χ2v) is 6.86. The average molecular weight is 434 g/mol. The van der Waals surface area contributed by atoms with Gasteiger partial charge in [0, 0.05) is 14.0 Å². The van der Waals surface area contributed by atoms with E-state index in [4.69, 9.17) is 4.74 Å². The van der Waals surface area contributed by atoms with Gasteiger partial charge in [0.15, 0.2) is 5.65 Å². The first kappa shape index (κ1) is 19.1. The number of aromatic amines is 1. The normalized spacial score (nSPS) is 11.0. The van der Waals surface area contributed by atoms with E-state index in [-0.39, 0.29) is 11.5 Å². The van der Waals surface area contributed by atoms with Gasteiger partial charge in [-0.1, -0.05) is 6.92 Å². The van der Waals surface area contributed by atoms with Crippen LogP contribution in [0.5, 0.6) is 5.75 Å². The van der Waals surface area contributed by atoms with E-state index < -0.39 is 0 Å². The molecule has 0 fully saturated rings. The maximum Gasteiger partial charge on any atom is 0.262 e. The number of aryl methyl sites for hydroxylation is 2. The summed E-state index contributed by atoms with van der Waals surface area (Å²) in [6.45, 7) is 5.74. The zero-order chi connectivity index (χ0) is 19.7. The van der Waals surface area contributed by atoms with E-state index in [1.165, 1.54) is 10.8 Å². The number of ether oxygens (including phenoxy) is 1. The number of nitrogens with zero attached hydrogens (tertiary/aromatic N) is 4. The lowest BCUT2D eigenvalue weighted by Crippen LogP contribution is -2.16. The maximum absolute atomic E-state index is 12.6. The van der Waals surface area contributed by atoms with Crippen LogP contribution in [0.3, 0.4) is 0 Å². The van der Waals surface area contributed by atoms with Crippen LogP contribution in [0.4, 0.5) is 5.69 Å². The Morgan fingerprint density at radius 3 is 2.81 bits per heavy atom. The Labute approximate surface area is 164 Å². The van der Waals surface area contributed by atoms with E-state index in [9.17, 15) is 9.59 Å². The highest BCUT2D eigenvalue weighted by Crippen LogP contribution is 2.33. The van der Waals surface area contributed by atoms with Gasteiger partial charge in [-0.15, -0.1) is 0 Å². The minimum Gasteiger partial charge on any atom is -0.493 e. The molecule has 0 saturated carbocycles. The third-order valence-electron chi connectivity index (χ3n) is 4.05. The van der Waals surface area contributed by atoms with Crippen molar-refractivity contribution in [2.24, 2.45) is 7.05 Å². The third-order valence-corrected chi connectivity index (χ3v) is 4.96. The monoisotopic (exact) mass is 433 g/mol. The lowest BCUT2D eigenvalue weighted by atomic mass is 10.1. The second kappa shape index (κ2) is 7.51. The number of nitrogens with one attached hydrogen (secondary N) is 1. The van der Waals surface area contributed by atoms with Crippen LogP contribution in [0.2, 0.25) is 0 Å². The van der Waals surface area contributed by atoms with Crippen molar-refractivity contribution in [3.8, 4) is 17.1 Å². The van der Waals surface area contributed by atoms with Crippen LogP contribution >= 0.6 is 16.1 Å². The van der Waals surface area contributed by atoms with Gasteiger partial charge in [0.2, 0.25) is 5.91 Å². The van der Waals surface area contributed by atoms with E-state index >= 15 is 0 Å². The SMILES string of the molecule is CCCOc1ccc(N(Br)C(C)=O)cc1-c1nc2c(c(C)nn2C)c(=O)[nH]1. The van der Waals surface area contributed by atoms with Gasteiger partial charge in [-0.3, -0.25) is 9.59 Å². The molecule has 0 aliphatic carbocycles. The fourth-order valence-corrected chi connectivity index (χ4v) is 3.04. The number of aromatic nitrogens is 4. The van der Waals surface area contributed by atoms with Crippen molar-refractivity contribution >= 4 is 38.8 Å². The zero-order valence-electron chi connectivity index (χ0n) is 15.5. The Morgan fingerprint density at radius 1 is 1.41 bits per heavy atom. The van der Waals surface area contributed by atoms with Gasteiger partial charge in [-0.25, -0.2) is 13.6 Å². The molecule has 0 spiro atoms. The molecule has 0 saturated heterocycles. The molecular weight excluding hydrogens is 414 g/mol. The minimum absolute atomic E-state index is 0.178. The molecule has 1 aromatic carbocycles. The number of carbonyl (C=O) groups excluding carboxylic acids is 1. The predicted molar refractivity (Wildman–Crippen MR) is 107 cm³/mol. The van der Waals surface area contributed by atoms with Crippen LogP contribution in [-0.4, -0.2) is 32.3 Å². The molecule has 142 valence electrons. The predicted octanol–water partition coefficient (Wildman–Crippen LogP) is 3.08. The van der Waals surface area contributed by atoms with Gasteiger partial charge in [-0.2, -0.15) is 5.10 Å². The minimum atomic E-state index is -0.269. The van der Waals surface area contributed by atoms with Crippen LogP contribution in [-0.2, 0) is 11.8 Å². The number of fused-ring (bicyclic) bond motifs is 1. The fraction of sp³-hybridized carbons (Fsp3) is 0.333. The summed E-state index contributed by atoms with van der Waals surface area (Å²) in [6.07, 6.45) is 0.836. The van der Waals surface area contributed by atoms with Gasteiger partial charge >= 0.3 is 0 Å². The Balaban J connectivity index is 2.22. The quantitative estimate of drug-likeness (QED) is 0.623. The molecule has 27 heavy (non-hydrogen) atoms. The summed E-state index contributed by atoms with van der Waals surface area (Å²) < 4.78 is 8.73. The summed E-state index contributed by atoms with van der Waals surface area (Å²) in [5.74, 6) is 0.752. The number of H-pyrrole nitrogens is 1. The summed E-state index contributed by atoms with van der Waals surface area (Å²) in [4.78, 5) is 31.7. The van der Waals surface area contributed by atoms with Crippen molar-refractivity contribution in [1.29, 1.82) is 0 Å². The van der Waals surface area contributed by atoms with Gasteiger partial charge < -0.3 is 9.72 Å². The van der Waals surface area contributed by atoms with Crippen molar-refractivity contribution in [3.05, 3.63) is 34.2 Å². The first-order chi connectivity index (χ1) is 12.8. The van der Waals surface area contributed by atoms with E-state index in [1.54, 1.807) is 36.9 Å². The molecule has 0 unspecified atom stereocenters. The molecule has 3 rings (SSSR count). The zero-order valence-corrected chi connectivity index (χ0v) is 17.1. The number of halogens is 1. The highest BCUT2D eigenvalue weighted by atomic mass is 79.9. The first-order valence-corrected chi connectivity index (χ1v) is 9.21. The van der Waals surface area contributed by atoms with Crippen molar-refractivity contribution in [1.82, 2.24) is 19.7 Å². The molecule has 2 aromatic heterocycles. The van der Waals surface area contributed by atoms with Crippen molar-refractivity contribution in [3.63, 3.8) is 0 Å². The Morgan fingerprint density at radius 2 is 2.15 bits per heavy atom. The summed E-state index contributed by atoms with van der Waals surface area (Å²) >= 11 is 3.24. The summed E-state index contributed by atoms with van der Waals surface area (Å²) in [6, 6.07) is 5.26. The molecule has 1 amide bonds. The van der Waals surface area contributed by atoms with Gasteiger partial charge in [0.1, 0.15) is 17.0 Å². The molecule has 8 nitrogen and oxygen atoms in total. The number of hydrogen-bond donors (Lipinski definition) is 1. The van der Waals surface area contributed by atoms with Crippen LogP contribution in [0.25, 0.3) is 22.4 Å². The van der Waals surface area contributed by atoms with E-state index in [2.05, 4.69) is 31.2 Å². The molecule has 0 bridgehead atoms. The molecule has 1 N–H and O–H groups in total. The number of hydrogen-bond acceptors (Lipinski definition) is 5. The molecule has 3 aromatic rings. The van der Waals surface area contributed by atoms with Crippen LogP contribution in [0.15, 0.2) is 23.0 Å². The lowest BCUT2D eigenvalue weighted by Gasteiger charge is -2.16. The van der Waals surface area contributed by atoms with E-state index in [1.807, 2.05) is 6.92 Å². The second-order valence-electron chi connectivity index (χ2n) is 6.15. The van der Waals surface area contributed by atoms with E-state index in [0.717, 1.165) is 6.42 Å². The molecule has 0 radical (unpaired) electrons. The smallest absolute Gasteiger partial charge is 0.262 e. The standard InChI is InChI=1S/C18H20BrN5O3/c1-5-8-27-14-7-6-12(24(19)11(3)25)9-13(14)16-20-17-15(18(26)21-16)10(2)22-23(17)4/h6-7,9H,5,8H2,1-4H3,(H,20,21,26).